The number of carbonyl (C=O) groups excluding carboxylic acids is 1. The van der Waals surface area contributed by atoms with E-state index in [2.05, 4.69) is 25.3 Å². The van der Waals surface area contributed by atoms with Gasteiger partial charge in [-0.25, -0.2) is 9.97 Å². The van der Waals surface area contributed by atoms with Gasteiger partial charge in [0.15, 0.2) is 5.76 Å². The Morgan fingerprint density at radius 3 is 2.92 bits per heavy atom. The fraction of sp³-hybridized carbons (Fsp3) is 0.188. The van der Waals surface area contributed by atoms with Gasteiger partial charge >= 0.3 is 0 Å². The van der Waals surface area contributed by atoms with Crippen LogP contribution in [0.25, 0.3) is 22.7 Å². The van der Waals surface area contributed by atoms with Crippen LogP contribution in [0.4, 0.5) is 5.95 Å². The lowest BCUT2D eigenvalue weighted by molar-refractivity contribution is -0.120. The van der Waals surface area contributed by atoms with E-state index in [0.717, 1.165) is 5.56 Å². The van der Waals surface area contributed by atoms with Crippen molar-refractivity contribution in [3.8, 4) is 22.7 Å². The molecule has 1 aliphatic rings. The van der Waals surface area contributed by atoms with Crippen molar-refractivity contribution in [3.63, 3.8) is 0 Å². The number of nitrogens with one attached hydrogen (secondary N) is 1. The maximum atomic E-state index is 11.6. The van der Waals surface area contributed by atoms with Gasteiger partial charge in [-0.1, -0.05) is 0 Å². The molecule has 0 aliphatic carbocycles. The van der Waals surface area contributed by atoms with Crippen molar-refractivity contribution in [2.45, 2.75) is 0 Å². The number of nitrogens with zero attached hydrogens (tertiary/aromatic N) is 5. The number of carbonyl (C=O) groups is 1. The summed E-state index contributed by atoms with van der Waals surface area (Å²) in [5, 5.41) is 2.79. The molecule has 4 rings (SSSR count). The lowest BCUT2D eigenvalue weighted by Gasteiger charge is -2.26. The Hall–Kier alpha value is -3.29. The zero-order chi connectivity index (χ0) is 16.4. The summed E-state index contributed by atoms with van der Waals surface area (Å²) in [7, 11) is 0. The molecular weight excluding hydrogens is 308 g/mol. The molecule has 1 fully saturated rings. The van der Waals surface area contributed by atoms with Crippen LogP contribution in [0.5, 0.6) is 0 Å². The van der Waals surface area contributed by atoms with Crippen molar-refractivity contribution in [1.82, 2.24) is 25.3 Å². The first-order valence-electron chi connectivity index (χ1n) is 7.50. The van der Waals surface area contributed by atoms with Crippen molar-refractivity contribution in [2.75, 3.05) is 24.5 Å². The van der Waals surface area contributed by atoms with Gasteiger partial charge in [-0.2, -0.15) is 0 Å². The number of piperazine rings is 1. The Kier molecular flexibility index (Phi) is 3.62. The third kappa shape index (κ3) is 2.69. The summed E-state index contributed by atoms with van der Waals surface area (Å²) in [4.78, 5) is 30.9. The number of furan rings is 1. The zero-order valence-electron chi connectivity index (χ0n) is 12.7. The fourth-order valence-corrected chi connectivity index (χ4v) is 2.56. The van der Waals surface area contributed by atoms with Crippen LogP contribution in [0, 0.1) is 0 Å². The normalized spacial score (nSPS) is 14.5. The van der Waals surface area contributed by atoms with Gasteiger partial charge in [-0.05, 0) is 12.1 Å². The third-order valence-electron chi connectivity index (χ3n) is 3.69. The molecule has 8 nitrogen and oxygen atoms in total. The molecule has 1 aliphatic heterocycles. The quantitative estimate of drug-likeness (QED) is 0.772. The molecule has 0 aromatic carbocycles. The molecule has 3 aromatic rings. The van der Waals surface area contributed by atoms with Crippen LogP contribution in [0.15, 0.2) is 47.6 Å². The van der Waals surface area contributed by atoms with Crippen molar-refractivity contribution in [1.29, 1.82) is 0 Å². The number of hydrogen-bond donors (Lipinski definition) is 1. The minimum atomic E-state index is -0.0394. The molecule has 0 atom stereocenters. The van der Waals surface area contributed by atoms with Crippen LogP contribution in [-0.4, -0.2) is 45.5 Å². The van der Waals surface area contributed by atoms with E-state index in [0.29, 0.717) is 36.2 Å². The summed E-state index contributed by atoms with van der Waals surface area (Å²) in [5.41, 5.74) is 2.01. The highest BCUT2D eigenvalue weighted by Crippen LogP contribution is 2.30. The second-order valence-corrected chi connectivity index (χ2v) is 5.27. The van der Waals surface area contributed by atoms with Crippen molar-refractivity contribution < 1.29 is 9.21 Å². The summed E-state index contributed by atoms with van der Waals surface area (Å²) in [5.74, 6) is 1.06. The molecule has 24 heavy (non-hydrogen) atoms. The van der Waals surface area contributed by atoms with Gasteiger partial charge < -0.3 is 14.6 Å². The van der Waals surface area contributed by atoms with E-state index in [9.17, 15) is 4.79 Å². The van der Waals surface area contributed by atoms with Crippen LogP contribution in [0.3, 0.4) is 0 Å². The Balaban J connectivity index is 1.80. The van der Waals surface area contributed by atoms with E-state index in [1.807, 2.05) is 11.0 Å². The monoisotopic (exact) mass is 322 g/mol. The number of hydrogen-bond acceptors (Lipinski definition) is 7. The zero-order valence-corrected chi connectivity index (χ0v) is 12.7. The van der Waals surface area contributed by atoms with Gasteiger partial charge in [0.2, 0.25) is 11.9 Å². The Morgan fingerprint density at radius 2 is 2.17 bits per heavy atom. The van der Waals surface area contributed by atoms with Crippen LogP contribution in [0.1, 0.15) is 0 Å². The topological polar surface area (TPSA) is 97.0 Å². The smallest absolute Gasteiger partial charge is 0.239 e. The van der Waals surface area contributed by atoms with E-state index in [-0.39, 0.29) is 12.5 Å². The predicted octanol–water partition coefficient (Wildman–Crippen LogP) is 1.13. The molecule has 3 aromatic heterocycles. The lowest BCUT2D eigenvalue weighted by Crippen LogP contribution is -2.48. The summed E-state index contributed by atoms with van der Waals surface area (Å²) in [6.07, 6.45) is 8.16. The summed E-state index contributed by atoms with van der Waals surface area (Å²) < 4.78 is 5.51. The largest absolute Gasteiger partial charge is 0.463 e. The minimum absolute atomic E-state index is 0.0394. The fourth-order valence-electron chi connectivity index (χ4n) is 2.56. The molecule has 0 radical (unpaired) electrons. The Morgan fingerprint density at radius 1 is 1.21 bits per heavy atom. The molecule has 1 saturated heterocycles. The predicted molar refractivity (Wildman–Crippen MR) is 86.0 cm³/mol. The van der Waals surface area contributed by atoms with Gasteiger partial charge in [0.05, 0.1) is 24.7 Å². The standard InChI is InChI=1S/C16H14N6O2/c23-14-10-22(6-5-19-14)16-20-8-11(12-9-17-3-4-18-12)15(21-16)13-2-1-7-24-13/h1-4,7-9H,5-6,10H2,(H,19,23). The van der Waals surface area contributed by atoms with E-state index < -0.39 is 0 Å². The highest BCUT2D eigenvalue weighted by molar-refractivity contribution is 5.82. The van der Waals surface area contributed by atoms with E-state index in [1.54, 1.807) is 37.1 Å². The average Bonchev–Trinajstić information content (AvgIpc) is 3.16. The molecule has 4 heterocycles. The van der Waals surface area contributed by atoms with E-state index in [1.165, 1.54) is 0 Å². The molecule has 8 heteroatoms. The van der Waals surface area contributed by atoms with Gasteiger partial charge in [0, 0.05) is 37.2 Å². The van der Waals surface area contributed by atoms with Crippen molar-refractivity contribution in [3.05, 3.63) is 43.2 Å². The van der Waals surface area contributed by atoms with Gasteiger partial charge in [-0.3, -0.25) is 14.8 Å². The minimum Gasteiger partial charge on any atom is -0.463 e. The first-order valence-corrected chi connectivity index (χ1v) is 7.50. The van der Waals surface area contributed by atoms with E-state index >= 15 is 0 Å². The maximum Gasteiger partial charge on any atom is 0.239 e. The molecule has 0 saturated carbocycles. The van der Waals surface area contributed by atoms with Crippen LogP contribution in [-0.2, 0) is 4.79 Å². The molecule has 1 amide bonds. The lowest BCUT2D eigenvalue weighted by atomic mass is 10.1. The second-order valence-electron chi connectivity index (χ2n) is 5.27. The molecule has 0 bridgehead atoms. The van der Waals surface area contributed by atoms with Crippen LogP contribution < -0.4 is 10.2 Å². The van der Waals surface area contributed by atoms with Gasteiger partial charge in [-0.15, -0.1) is 0 Å². The second kappa shape index (κ2) is 6.07. The number of anilines is 1. The third-order valence-corrected chi connectivity index (χ3v) is 3.69. The summed E-state index contributed by atoms with van der Waals surface area (Å²) in [6.45, 7) is 1.47. The molecule has 1 N–H and O–H groups in total. The summed E-state index contributed by atoms with van der Waals surface area (Å²) >= 11 is 0. The first kappa shape index (κ1) is 14.3. The maximum absolute atomic E-state index is 11.6. The number of rotatable bonds is 3. The van der Waals surface area contributed by atoms with Gasteiger partial charge in [0.25, 0.3) is 0 Å². The van der Waals surface area contributed by atoms with Crippen molar-refractivity contribution in [2.24, 2.45) is 0 Å². The highest BCUT2D eigenvalue weighted by Gasteiger charge is 2.21. The highest BCUT2D eigenvalue weighted by atomic mass is 16.3. The number of amides is 1. The molecule has 0 unspecified atom stereocenters. The van der Waals surface area contributed by atoms with Crippen molar-refractivity contribution >= 4 is 11.9 Å². The SMILES string of the molecule is O=C1CN(c2ncc(-c3cnccn3)c(-c3ccco3)n2)CCN1. The molecule has 0 spiro atoms. The van der Waals surface area contributed by atoms with Gasteiger partial charge in [0.1, 0.15) is 5.69 Å². The molecular formula is C16H14N6O2. The Labute approximate surface area is 137 Å². The first-order chi connectivity index (χ1) is 11.8. The van der Waals surface area contributed by atoms with Crippen LogP contribution >= 0.6 is 0 Å². The molecule has 120 valence electrons. The Bertz CT molecular complexity index is 850. The average molecular weight is 322 g/mol. The van der Waals surface area contributed by atoms with E-state index in [4.69, 9.17) is 4.42 Å². The van der Waals surface area contributed by atoms with Crippen LogP contribution in [0.2, 0.25) is 0 Å². The summed E-state index contributed by atoms with van der Waals surface area (Å²) in [6, 6.07) is 3.63. The number of aromatic nitrogens is 4.